The van der Waals surface area contributed by atoms with E-state index in [9.17, 15) is 4.79 Å². The highest BCUT2D eigenvalue weighted by atomic mass is 16.5. The van der Waals surface area contributed by atoms with E-state index in [1.807, 2.05) is 4.90 Å². The van der Waals surface area contributed by atoms with Crippen LogP contribution in [0.4, 0.5) is 0 Å². The lowest BCUT2D eigenvalue weighted by Crippen LogP contribution is -2.42. The van der Waals surface area contributed by atoms with Gasteiger partial charge in [0.2, 0.25) is 5.91 Å². The van der Waals surface area contributed by atoms with Gasteiger partial charge in [-0.3, -0.25) is 4.79 Å². The summed E-state index contributed by atoms with van der Waals surface area (Å²) in [5.41, 5.74) is 5.46. The Morgan fingerprint density at radius 1 is 1.44 bits per heavy atom. The molecular formula is C12H21N3O3. The number of hydrogen-bond acceptors (Lipinski definition) is 4. The van der Waals surface area contributed by atoms with E-state index in [4.69, 9.17) is 15.7 Å². The number of hydrogen-bond donors (Lipinski definition) is 2. The van der Waals surface area contributed by atoms with E-state index < -0.39 is 0 Å². The van der Waals surface area contributed by atoms with Crippen LogP contribution in [0, 0.1) is 5.92 Å². The van der Waals surface area contributed by atoms with Crippen LogP contribution in [0.2, 0.25) is 0 Å². The smallest absolute Gasteiger partial charge is 0.228 e. The zero-order chi connectivity index (χ0) is 13.0. The summed E-state index contributed by atoms with van der Waals surface area (Å²) in [6, 6.07) is 0.353. The van der Waals surface area contributed by atoms with Crippen molar-refractivity contribution in [3.05, 3.63) is 0 Å². The van der Waals surface area contributed by atoms with E-state index in [1.165, 1.54) is 0 Å². The Balaban J connectivity index is 1.89. The molecule has 18 heavy (non-hydrogen) atoms. The van der Waals surface area contributed by atoms with Gasteiger partial charge in [0, 0.05) is 25.6 Å². The molecule has 1 atom stereocenters. The summed E-state index contributed by atoms with van der Waals surface area (Å²) >= 11 is 0. The second kappa shape index (κ2) is 6.04. The Morgan fingerprint density at radius 2 is 2.22 bits per heavy atom. The third-order valence-electron chi connectivity index (χ3n) is 3.52. The molecule has 1 saturated carbocycles. The Bertz CT molecular complexity index is 323. The molecule has 0 spiro atoms. The van der Waals surface area contributed by atoms with E-state index in [0.717, 1.165) is 32.3 Å². The molecule has 2 rings (SSSR count). The molecular weight excluding hydrogens is 234 g/mol. The molecule has 1 aliphatic carbocycles. The van der Waals surface area contributed by atoms with Crippen LogP contribution < -0.4 is 5.73 Å². The standard InChI is InChI=1S/C12H21N3O3/c13-11(14-17)5-6-15(10-3-4-10)12(16)9-2-1-7-18-8-9/h9-10,17H,1-8H2,(H2,13,14). The molecule has 1 heterocycles. The van der Waals surface area contributed by atoms with Gasteiger partial charge in [0.25, 0.3) is 0 Å². The molecule has 1 amide bonds. The van der Waals surface area contributed by atoms with Gasteiger partial charge in [-0.1, -0.05) is 5.16 Å². The van der Waals surface area contributed by atoms with E-state index >= 15 is 0 Å². The van der Waals surface area contributed by atoms with Crippen molar-refractivity contribution in [2.24, 2.45) is 16.8 Å². The minimum Gasteiger partial charge on any atom is -0.409 e. The fourth-order valence-corrected chi connectivity index (χ4v) is 2.31. The molecule has 102 valence electrons. The number of nitrogens with zero attached hydrogens (tertiary/aromatic N) is 2. The first-order chi connectivity index (χ1) is 8.72. The molecule has 1 unspecified atom stereocenters. The van der Waals surface area contributed by atoms with Gasteiger partial charge in [-0.05, 0) is 25.7 Å². The maximum atomic E-state index is 12.4. The van der Waals surface area contributed by atoms with Gasteiger partial charge in [-0.15, -0.1) is 0 Å². The quantitative estimate of drug-likeness (QED) is 0.325. The van der Waals surface area contributed by atoms with Crippen molar-refractivity contribution in [1.82, 2.24) is 4.90 Å². The summed E-state index contributed by atoms with van der Waals surface area (Å²) in [7, 11) is 0. The average Bonchev–Trinajstić information content (AvgIpc) is 3.24. The van der Waals surface area contributed by atoms with Gasteiger partial charge in [-0.2, -0.15) is 0 Å². The van der Waals surface area contributed by atoms with Crippen LogP contribution >= 0.6 is 0 Å². The van der Waals surface area contributed by atoms with E-state index in [1.54, 1.807) is 0 Å². The summed E-state index contributed by atoms with van der Waals surface area (Å²) in [4.78, 5) is 14.3. The molecule has 0 bridgehead atoms. The van der Waals surface area contributed by atoms with Crippen LogP contribution in [-0.2, 0) is 9.53 Å². The third-order valence-corrected chi connectivity index (χ3v) is 3.52. The van der Waals surface area contributed by atoms with Crippen molar-refractivity contribution in [1.29, 1.82) is 0 Å². The van der Waals surface area contributed by atoms with Crippen LogP contribution in [0.25, 0.3) is 0 Å². The van der Waals surface area contributed by atoms with Crippen LogP contribution in [0.1, 0.15) is 32.1 Å². The lowest BCUT2D eigenvalue weighted by atomic mass is 10.0. The monoisotopic (exact) mass is 255 g/mol. The SMILES string of the molecule is NC(CCN(C(=O)C1CCCOC1)C1CC1)=NO. The molecule has 2 fully saturated rings. The lowest BCUT2D eigenvalue weighted by molar-refractivity contribution is -0.140. The fourth-order valence-electron chi connectivity index (χ4n) is 2.31. The summed E-state index contributed by atoms with van der Waals surface area (Å²) in [6.45, 7) is 1.83. The molecule has 1 saturated heterocycles. The number of ether oxygens (including phenoxy) is 1. The van der Waals surface area contributed by atoms with Crippen molar-refractivity contribution in [3.63, 3.8) is 0 Å². The Labute approximate surface area is 107 Å². The fraction of sp³-hybridized carbons (Fsp3) is 0.833. The minimum absolute atomic E-state index is 0.00774. The predicted molar refractivity (Wildman–Crippen MR) is 66.3 cm³/mol. The first-order valence-corrected chi connectivity index (χ1v) is 6.57. The number of amidine groups is 1. The topological polar surface area (TPSA) is 88.2 Å². The van der Waals surface area contributed by atoms with Crippen molar-refractivity contribution < 1.29 is 14.7 Å². The summed E-state index contributed by atoms with van der Waals surface area (Å²) < 4.78 is 5.36. The van der Waals surface area contributed by atoms with Crippen LogP contribution in [0.15, 0.2) is 5.16 Å². The van der Waals surface area contributed by atoms with Crippen LogP contribution in [0.5, 0.6) is 0 Å². The normalized spacial score (nSPS) is 24.9. The zero-order valence-electron chi connectivity index (χ0n) is 10.5. The summed E-state index contributed by atoms with van der Waals surface area (Å²) in [5.74, 6) is 0.336. The molecule has 1 aliphatic heterocycles. The van der Waals surface area contributed by atoms with Crippen LogP contribution in [-0.4, -0.2) is 47.7 Å². The predicted octanol–water partition coefficient (Wildman–Crippen LogP) is 0.540. The molecule has 6 nitrogen and oxygen atoms in total. The van der Waals surface area contributed by atoms with Gasteiger partial charge in [-0.25, -0.2) is 0 Å². The number of carbonyl (C=O) groups is 1. The van der Waals surface area contributed by atoms with E-state index in [2.05, 4.69) is 5.16 Å². The second-order valence-corrected chi connectivity index (χ2v) is 5.02. The third kappa shape index (κ3) is 3.35. The number of carbonyl (C=O) groups excluding carboxylic acids is 1. The first kappa shape index (κ1) is 13.1. The molecule has 2 aliphatic rings. The molecule has 0 radical (unpaired) electrons. The maximum Gasteiger partial charge on any atom is 0.228 e. The van der Waals surface area contributed by atoms with Gasteiger partial charge >= 0.3 is 0 Å². The highest BCUT2D eigenvalue weighted by Gasteiger charge is 2.36. The summed E-state index contributed by atoms with van der Waals surface area (Å²) in [5, 5.41) is 11.5. The Hall–Kier alpha value is -1.30. The highest BCUT2D eigenvalue weighted by Crippen LogP contribution is 2.29. The van der Waals surface area contributed by atoms with Crippen molar-refractivity contribution in [3.8, 4) is 0 Å². The minimum atomic E-state index is -0.00774. The summed E-state index contributed by atoms with van der Waals surface area (Å²) in [6.07, 6.45) is 4.41. The van der Waals surface area contributed by atoms with Crippen molar-refractivity contribution in [2.45, 2.75) is 38.1 Å². The number of oxime groups is 1. The second-order valence-electron chi connectivity index (χ2n) is 5.02. The molecule has 6 heteroatoms. The Kier molecular flexibility index (Phi) is 4.41. The van der Waals surface area contributed by atoms with Gasteiger partial charge < -0.3 is 20.6 Å². The first-order valence-electron chi connectivity index (χ1n) is 6.57. The molecule has 0 aromatic carbocycles. The maximum absolute atomic E-state index is 12.4. The number of amides is 1. The Morgan fingerprint density at radius 3 is 2.78 bits per heavy atom. The molecule has 3 N–H and O–H groups in total. The molecule has 0 aromatic heterocycles. The number of rotatable bonds is 5. The van der Waals surface area contributed by atoms with Crippen molar-refractivity contribution in [2.75, 3.05) is 19.8 Å². The largest absolute Gasteiger partial charge is 0.409 e. The molecule has 0 aromatic rings. The van der Waals surface area contributed by atoms with Crippen molar-refractivity contribution >= 4 is 11.7 Å². The van der Waals surface area contributed by atoms with E-state index in [0.29, 0.717) is 25.6 Å². The van der Waals surface area contributed by atoms with Gasteiger partial charge in [0.1, 0.15) is 5.84 Å². The lowest BCUT2D eigenvalue weighted by Gasteiger charge is -2.29. The van der Waals surface area contributed by atoms with Gasteiger partial charge in [0.05, 0.1) is 12.5 Å². The zero-order valence-corrected chi connectivity index (χ0v) is 10.5. The van der Waals surface area contributed by atoms with Crippen LogP contribution in [0.3, 0.4) is 0 Å². The average molecular weight is 255 g/mol. The highest BCUT2D eigenvalue weighted by molar-refractivity contribution is 5.82. The van der Waals surface area contributed by atoms with Gasteiger partial charge in [0.15, 0.2) is 0 Å². The number of nitrogens with two attached hydrogens (primary N) is 1. The van der Waals surface area contributed by atoms with E-state index in [-0.39, 0.29) is 17.7 Å².